The van der Waals surface area contributed by atoms with Crippen molar-refractivity contribution in [2.45, 2.75) is 12.5 Å². The van der Waals surface area contributed by atoms with Crippen LogP contribution in [0.1, 0.15) is 18.0 Å². The number of urea groups is 1. The molecule has 0 aliphatic carbocycles. The van der Waals surface area contributed by atoms with Crippen LogP contribution in [0.15, 0.2) is 54.6 Å². The standard InChI is InChI=1S/C17H19ClN2O2/c1-20(16(11-12-21)13-7-3-2-4-8-13)17(22)19-15-10-6-5-9-14(15)18/h2-10,16,21H,11-12H2,1H3,(H,19,22). The van der Waals surface area contributed by atoms with Crippen LogP contribution in [-0.4, -0.2) is 29.7 Å². The number of halogens is 1. The minimum Gasteiger partial charge on any atom is -0.396 e. The van der Waals surface area contributed by atoms with Gasteiger partial charge in [0, 0.05) is 13.7 Å². The third kappa shape index (κ3) is 4.00. The van der Waals surface area contributed by atoms with Crippen LogP contribution in [0.3, 0.4) is 0 Å². The van der Waals surface area contributed by atoms with Gasteiger partial charge in [-0.05, 0) is 24.1 Å². The molecule has 1 unspecified atom stereocenters. The van der Waals surface area contributed by atoms with E-state index in [9.17, 15) is 9.90 Å². The molecule has 0 saturated carbocycles. The lowest BCUT2D eigenvalue weighted by Gasteiger charge is -2.28. The molecule has 5 heteroatoms. The van der Waals surface area contributed by atoms with Crippen molar-refractivity contribution in [1.82, 2.24) is 4.90 Å². The maximum Gasteiger partial charge on any atom is 0.322 e. The molecule has 0 aliphatic heterocycles. The molecule has 0 aliphatic rings. The van der Waals surface area contributed by atoms with E-state index in [1.54, 1.807) is 30.1 Å². The Labute approximate surface area is 135 Å². The first-order valence-corrected chi connectivity index (χ1v) is 7.45. The van der Waals surface area contributed by atoms with Gasteiger partial charge < -0.3 is 15.3 Å². The Hall–Kier alpha value is -2.04. The number of nitrogens with one attached hydrogen (secondary N) is 1. The SMILES string of the molecule is CN(C(=O)Nc1ccccc1Cl)C(CCO)c1ccccc1. The molecule has 1 atom stereocenters. The van der Waals surface area contributed by atoms with Crippen LogP contribution in [-0.2, 0) is 0 Å². The number of para-hydroxylation sites is 1. The normalized spacial score (nSPS) is 11.8. The summed E-state index contributed by atoms with van der Waals surface area (Å²) in [5.41, 5.74) is 1.55. The summed E-state index contributed by atoms with van der Waals surface area (Å²) in [6.45, 7) is 0.00325. The lowest BCUT2D eigenvalue weighted by Crippen LogP contribution is -2.35. The molecule has 2 N–H and O–H groups in total. The van der Waals surface area contributed by atoms with Gasteiger partial charge in [-0.25, -0.2) is 4.79 Å². The van der Waals surface area contributed by atoms with Gasteiger partial charge in [-0.3, -0.25) is 0 Å². The number of rotatable bonds is 5. The lowest BCUT2D eigenvalue weighted by molar-refractivity contribution is 0.184. The summed E-state index contributed by atoms with van der Waals surface area (Å²) in [5, 5.41) is 12.6. The summed E-state index contributed by atoms with van der Waals surface area (Å²) in [4.78, 5) is 14.0. The van der Waals surface area contributed by atoms with Gasteiger partial charge in [0.1, 0.15) is 0 Å². The second-order valence-electron chi connectivity index (χ2n) is 4.96. The largest absolute Gasteiger partial charge is 0.396 e. The second kappa shape index (κ2) is 7.82. The highest BCUT2D eigenvalue weighted by Crippen LogP contribution is 2.25. The molecule has 22 heavy (non-hydrogen) atoms. The lowest BCUT2D eigenvalue weighted by atomic mass is 10.0. The molecule has 0 saturated heterocycles. The quantitative estimate of drug-likeness (QED) is 0.877. The van der Waals surface area contributed by atoms with Crippen molar-refractivity contribution in [3.8, 4) is 0 Å². The van der Waals surface area contributed by atoms with Gasteiger partial charge in [0.2, 0.25) is 0 Å². The minimum absolute atomic E-state index is 0.00325. The van der Waals surface area contributed by atoms with Crippen molar-refractivity contribution in [3.05, 3.63) is 65.2 Å². The van der Waals surface area contributed by atoms with E-state index in [4.69, 9.17) is 11.6 Å². The van der Waals surface area contributed by atoms with Crippen LogP contribution in [0, 0.1) is 0 Å². The average molecular weight is 319 g/mol. The molecule has 0 fully saturated rings. The van der Waals surface area contributed by atoms with Crippen molar-refractivity contribution in [1.29, 1.82) is 0 Å². The van der Waals surface area contributed by atoms with E-state index in [1.807, 2.05) is 36.4 Å². The van der Waals surface area contributed by atoms with Crippen LogP contribution in [0.2, 0.25) is 5.02 Å². The van der Waals surface area contributed by atoms with Crippen LogP contribution >= 0.6 is 11.6 Å². The molecule has 4 nitrogen and oxygen atoms in total. The Balaban J connectivity index is 2.15. The van der Waals surface area contributed by atoms with Gasteiger partial charge in [0.05, 0.1) is 16.8 Å². The third-order valence-corrected chi connectivity index (χ3v) is 3.82. The second-order valence-corrected chi connectivity index (χ2v) is 5.37. The van der Waals surface area contributed by atoms with Gasteiger partial charge in [-0.2, -0.15) is 0 Å². The molecule has 2 aromatic rings. The fourth-order valence-electron chi connectivity index (χ4n) is 2.29. The van der Waals surface area contributed by atoms with E-state index in [1.165, 1.54) is 0 Å². The van der Waals surface area contributed by atoms with E-state index in [-0.39, 0.29) is 18.7 Å². The number of hydrogen-bond acceptors (Lipinski definition) is 2. The summed E-state index contributed by atoms with van der Waals surface area (Å²) >= 11 is 6.06. The summed E-state index contributed by atoms with van der Waals surface area (Å²) in [6.07, 6.45) is 0.469. The Kier molecular flexibility index (Phi) is 5.81. The predicted molar refractivity (Wildman–Crippen MR) is 89.1 cm³/mol. The zero-order chi connectivity index (χ0) is 15.9. The number of carbonyl (C=O) groups is 1. The Morgan fingerprint density at radius 2 is 1.82 bits per heavy atom. The highest BCUT2D eigenvalue weighted by molar-refractivity contribution is 6.33. The minimum atomic E-state index is -0.268. The van der Waals surface area contributed by atoms with E-state index in [2.05, 4.69) is 5.32 Å². The maximum absolute atomic E-state index is 12.4. The predicted octanol–water partition coefficient (Wildman–Crippen LogP) is 3.93. The number of aliphatic hydroxyl groups excluding tert-OH is 1. The van der Waals surface area contributed by atoms with Gasteiger partial charge in [-0.15, -0.1) is 0 Å². The fraction of sp³-hybridized carbons (Fsp3) is 0.235. The van der Waals surface area contributed by atoms with E-state index in [0.717, 1.165) is 5.56 Å². The third-order valence-electron chi connectivity index (χ3n) is 3.49. The Bertz CT molecular complexity index is 619. The van der Waals surface area contributed by atoms with Crippen LogP contribution in [0.4, 0.5) is 10.5 Å². The number of amides is 2. The fourth-order valence-corrected chi connectivity index (χ4v) is 2.47. The molecular formula is C17H19ClN2O2. The highest BCUT2D eigenvalue weighted by atomic mass is 35.5. The first-order valence-electron chi connectivity index (χ1n) is 7.07. The van der Waals surface area contributed by atoms with Gasteiger partial charge in [-0.1, -0.05) is 54.1 Å². The van der Waals surface area contributed by atoms with E-state index < -0.39 is 0 Å². The first-order chi connectivity index (χ1) is 10.6. The van der Waals surface area contributed by atoms with Crippen molar-refractivity contribution in [3.63, 3.8) is 0 Å². The number of hydrogen-bond donors (Lipinski definition) is 2. The highest BCUT2D eigenvalue weighted by Gasteiger charge is 2.21. The number of carbonyl (C=O) groups excluding carboxylic acids is 1. The topological polar surface area (TPSA) is 52.6 Å². The van der Waals surface area contributed by atoms with Crippen molar-refractivity contribution in [2.75, 3.05) is 19.0 Å². The number of aliphatic hydroxyl groups is 1. The van der Waals surface area contributed by atoms with Crippen LogP contribution < -0.4 is 5.32 Å². The Morgan fingerprint density at radius 1 is 1.18 bits per heavy atom. The van der Waals surface area contributed by atoms with Gasteiger partial charge in [0.15, 0.2) is 0 Å². The molecule has 0 aromatic heterocycles. The summed E-state index contributed by atoms with van der Waals surface area (Å²) < 4.78 is 0. The molecule has 2 aromatic carbocycles. The zero-order valence-electron chi connectivity index (χ0n) is 12.4. The summed E-state index contributed by atoms with van der Waals surface area (Å²) in [7, 11) is 1.71. The molecule has 0 heterocycles. The smallest absolute Gasteiger partial charge is 0.322 e. The molecule has 0 radical (unpaired) electrons. The average Bonchev–Trinajstić information content (AvgIpc) is 2.55. The van der Waals surface area contributed by atoms with Crippen molar-refractivity contribution in [2.24, 2.45) is 0 Å². The molecule has 0 bridgehead atoms. The molecule has 2 rings (SSSR count). The first kappa shape index (κ1) is 16.3. The molecule has 0 spiro atoms. The molecular weight excluding hydrogens is 300 g/mol. The van der Waals surface area contributed by atoms with Crippen molar-refractivity contribution < 1.29 is 9.90 Å². The number of nitrogens with zero attached hydrogens (tertiary/aromatic N) is 1. The number of benzene rings is 2. The van der Waals surface area contributed by atoms with E-state index in [0.29, 0.717) is 17.1 Å². The Morgan fingerprint density at radius 3 is 2.45 bits per heavy atom. The van der Waals surface area contributed by atoms with Crippen LogP contribution in [0.25, 0.3) is 0 Å². The van der Waals surface area contributed by atoms with Crippen LogP contribution in [0.5, 0.6) is 0 Å². The summed E-state index contributed by atoms with van der Waals surface area (Å²) in [6, 6.07) is 16.3. The maximum atomic E-state index is 12.4. The van der Waals surface area contributed by atoms with E-state index >= 15 is 0 Å². The monoisotopic (exact) mass is 318 g/mol. The van der Waals surface area contributed by atoms with Crippen molar-refractivity contribution >= 4 is 23.3 Å². The molecule has 2 amide bonds. The summed E-state index contributed by atoms with van der Waals surface area (Å²) in [5.74, 6) is 0. The van der Waals surface area contributed by atoms with Gasteiger partial charge >= 0.3 is 6.03 Å². The molecule has 116 valence electrons. The zero-order valence-corrected chi connectivity index (χ0v) is 13.1. The number of anilines is 1. The van der Waals surface area contributed by atoms with Gasteiger partial charge in [0.25, 0.3) is 0 Å².